The average molecular weight is 349 g/mol. The molecule has 5 rings (SSSR count). The molecule has 6 heteroatoms. The van der Waals surface area contributed by atoms with Gasteiger partial charge in [0.2, 0.25) is 0 Å². The Morgan fingerprint density at radius 3 is 2.52 bits per heavy atom. The number of fused-ring (bicyclic) bond motifs is 3. The van der Waals surface area contributed by atoms with E-state index in [9.17, 15) is 5.11 Å². The highest BCUT2D eigenvalue weighted by Crippen LogP contribution is 2.41. The number of piperidine rings is 3. The lowest BCUT2D eigenvalue weighted by Gasteiger charge is -2.49. The number of benzene rings is 1. The van der Waals surface area contributed by atoms with Gasteiger partial charge in [0.25, 0.3) is 0 Å². The second-order valence-electron chi connectivity index (χ2n) is 6.00. The average Bonchev–Trinajstić information content (AvgIpc) is 2.99. The summed E-state index contributed by atoms with van der Waals surface area (Å²) < 4.78 is 2.76. The maximum atomic E-state index is 11.1. The van der Waals surface area contributed by atoms with Crippen molar-refractivity contribution < 1.29 is 5.11 Å². The van der Waals surface area contributed by atoms with Crippen molar-refractivity contribution in [2.45, 2.75) is 18.4 Å². The Kier molecular flexibility index (Phi) is 3.13. The van der Waals surface area contributed by atoms with Gasteiger partial charge in [0.1, 0.15) is 11.3 Å². The molecule has 5 nitrogen and oxygen atoms in total. The standard InChI is InChI=1S/C15H17BrN4O/c16-12-1-3-13(4-2-12)20-9-14(17-18-20)15(21)10-19-7-5-11(15)6-8-19/h1-4,9,11,21H,5-8,10H2. The molecule has 0 aliphatic carbocycles. The van der Waals surface area contributed by atoms with Gasteiger partial charge < -0.3 is 10.0 Å². The third kappa shape index (κ3) is 2.22. The van der Waals surface area contributed by atoms with Crippen molar-refractivity contribution in [3.8, 4) is 5.69 Å². The van der Waals surface area contributed by atoms with Crippen molar-refractivity contribution >= 4 is 15.9 Å². The second-order valence-corrected chi connectivity index (χ2v) is 6.92. The lowest BCUT2D eigenvalue weighted by molar-refractivity contribution is -0.120. The first-order chi connectivity index (χ1) is 10.1. The molecular formula is C15H17BrN4O. The molecule has 1 aromatic carbocycles. The number of aromatic nitrogens is 3. The molecule has 3 fully saturated rings. The lowest BCUT2D eigenvalue weighted by atomic mass is 9.74. The lowest BCUT2D eigenvalue weighted by Crippen LogP contribution is -2.57. The molecule has 0 spiro atoms. The summed E-state index contributed by atoms with van der Waals surface area (Å²) in [7, 11) is 0. The van der Waals surface area contributed by atoms with Crippen LogP contribution in [0.15, 0.2) is 34.9 Å². The molecule has 1 N–H and O–H groups in total. The minimum Gasteiger partial charge on any atom is -0.382 e. The number of rotatable bonds is 2. The summed E-state index contributed by atoms with van der Waals surface area (Å²) in [4.78, 5) is 2.32. The van der Waals surface area contributed by atoms with E-state index >= 15 is 0 Å². The molecule has 3 aliphatic rings. The van der Waals surface area contributed by atoms with Crippen LogP contribution in [-0.4, -0.2) is 44.6 Å². The van der Waals surface area contributed by atoms with E-state index < -0.39 is 5.60 Å². The van der Waals surface area contributed by atoms with E-state index in [4.69, 9.17) is 0 Å². The largest absolute Gasteiger partial charge is 0.382 e. The number of hydrogen-bond acceptors (Lipinski definition) is 4. The van der Waals surface area contributed by atoms with Gasteiger partial charge in [0, 0.05) is 11.0 Å². The molecule has 1 atom stereocenters. The Morgan fingerprint density at radius 2 is 1.90 bits per heavy atom. The van der Waals surface area contributed by atoms with Crippen molar-refractivity contribution in [1.82, 2.24) is 19.9 Å². The minimum absolute atomic E-state index is 0.303. The Bertz CT molecular complexity index is 648. The zero-order chi connectivity index (χ0) is 14.4. The van der Waals surface area contributed by atoms with Gasteiger partial charge in [-0.3, -0.25) is 0 Å². The van der Waals surface area contributed by atoms with Crippen molar-refractivity contribution in [2.24, 2.45) is 5.92 Å². The van der Waals surface area contributed by atoms with Crippen molar-refractivity contribution in [1.29, 1.82) is 0 Å². The zero-order valence-electron chi connectivity index (χ0n) is 11.6. The predicted octanol–water partition coefficient (Wildman–Crippen LogP) is 1.94. The van der Waals surface area contributed by atoms with Gasteiger partial charge in [0.05, 0.1) is 11.9 Å². The number of aliphatic hydroxyl groups is 1. The molecule has 0 saturated carbocycles. The van der Waals surface area contributed by atoms with Crippen LogP contribution in [0, 0.1) is 5.92 Å². The van der Waals surface area contributed by atoms with Gasteiger partial charge in [-0.2, -0.15) is 0 Å². The van der Waals surface area contributed by atoms with E-state index in [-0.39, 0.29) is 0 Å². The summed E-state index contributed by atoms with van der Waals surface area (Å²) in [5.74, 6) is 0.303. The van der Waals surface area contributed by atoms with Crippen LogP contribution in [0.1, 0.15) is 18.5 Å². The first kappa shape index (κ1) is 13.4. The summed E-state index contributed by atoms with van der Waals surface area (Å²) in [5, 5.41) is 19.5. The van der Waals surface area contributed by atoms with Crippen LogP contribution in [0.5, 0.6) is 0 Å². The fourth-order valence-corrected chi connectivity index (χ4v) is 3.78. The highest BCUT2D eigenvalue weighted by molar-refractivity contribution is 9.10. The van der Waals surface area contributed by atoms with Crippen LogP contribution >= 0.6 is 15.9 Å². The number of nitrogens with zero attached hydrogens (tertiary/aromatic N) is 4. The molecule has 21 heavy (non-hydrogen) atoms. The number of hydrogen-bond donors (Lipinski definition) is 1. The van der Waals surface area contributed by atoms with Crippen LogP contribution in [0.3, 0.4) is 0 Å². The van der Waals surface area contributed by atoms with Crippen LogP contribution in [0.4, 0.5) is 0 Å². The van der Waals surface area contributed by atoms with E-state index in [0.29, 0.717) is 18.2 Å². The quantitative estimate of drug-likeness (QED) is 0.901. The van der Waals surface area contributed by atoms with Crippen LogP contribution < -0.4 is 0 Å². The van der Waals surface area contributed by atoms with Crippen molar-refractivity contribution in [3.63, 3.8) is 0 Å². The summed E-state index contributed by atoms with van der Waals surface area (Å²) in [5.41, 5.74) is 0.797. The van der Waals surface area contributed by atoms with Crippen molar-refractivity contribution in [3.05, 3.63) is 40.6 Å². The van der Waals surface area contributed by atoms with E-state index in [0.717, 1.165) is 36.1 Å². The molecule has 1 aromatic heterocycles. The van der Waals surface area contributed by atoms with Crippen molar-refractivity contribution in [2.75, 3.05) is 19.6 Å². The van der Waals surface area contributed by atoms with Crippen LogP contribution in [-0.2, 0) is 5.60 Å². The van der Waals surface area contributed by atoms with Gasteiger partial charge in [-0.25, -0.2) is 4.68 Å². The molecule has 3 aliphatic heterocycles. The van der Waals surface area contributed by atoms with Crippen LogP contribution in [0.2, 0.25) is 0 Å². The summed E-state index contributed by atoms with van der Waals surface area (Å²) >= 11 is 3.43. The molecule has 1 unspecified atom stereocenters. The Hall–Kier alpha value is -1.24. The molecule has 110 valence electrons. The molecule has 3 saturated heterocycles. The minimum atomic E-state index is -0.843. The summed E-state index contributed by atoms with van der Waals surface area (Å²) in [6.07, 6.45) is 3.95. The first-order valence-corrected chi connectivity index (χ1v) is 8.08. The van der Waals surface area contributed by atoms with Gasteiger partial charge in [0.15, 0.2) is 0 Å². The van der Waals surface area contributed by atoms with Gasteiger partial charge in [-0.15, -0.1) is 5.10 Å². The Balaban J connectivity index is 1.66. The van der Waals surface area contributed by atoms with Gasteiger partial charge >= 0.3 is 0 Å². The monoisotopic (exact) mass is 348 g/mol. The van der Waals surface area contributed by atoms with E-state index in [1.54, 1.807) is 4.68 Å². The molecule has 0 amide bonds. The highest BCUT2D eigenvalue weighted by Gasteiger charge is 2.48. The van der Waals surface area contributed by atoms with Gasteiger partial charge in [-0.05, 0) is 56.1 Å². The first-order valence-electron chi connectivity index (χ1n) is 7.29. The molecular weight excluding hydrogens is 332 g/mol. The highest BCUT2D eigenvalue weighted by atomic mass is 79.9. The normalized spacial score (nSPS) is 31.5. The topological polar surface area (TPSA) is 54.2 Å². The van der Waals surface area contributed by atoms with Crippen LogP contribution in [0.25, 0.3) is 5.69 Å². The van der Waals surface area contributed by atoms with Gasteiger partial charge in [-0.1, -0.05) is 21.1 Å². The third-order valence-electron chi connectivity index (χ3n) is 4.76. The molecule has 4 heterocycles. The van der Waals surface area contributed by atoms with E-state index in [1.165, 1.54) is 0 Å². The van der Waals surface area contributed by atoms with E-state index in [2.05, 4.69) is 31.1 Å². The molecule has 0 radical (unpaired) electrons. The third-order valence-corrected chi connectivity index (χ3v) is 5.28. The fourth-order valence-electron chi connectivity index (χ4n) is 3.51. The Labute approximate surface area is 131 Å². The fraction of sp³-hybridized carbons (Fsp3) is 0.467. The number of halogens is 1. The molecule has 2 bridgehead atoms. The maximum absolute atomic E-state index is 11.1. The maximum Gasteiger partial charge on any atom is 0.125 e. The zero-order valence-corrected chi connectivity index (χ0v) is 13.2. The Morgan fingerprint density at radius 1 is 1.19 bits per heavy atom. The second kappa shape index (κ2) is 4.90. The predicted molar refractivity (Wildman–Crippen MR) is 82.1 cm³/mol. The summed E-state index contributed by atoms with van der Waals surface area (Å²) in [6, 6.07) is 7.89. The smallest absolute Gasteiger partial charge is 0.125 e. The van der Waals surface area contributed by atoms with E-state index in [1.807, 2.05) is 30.5 Å². The SMILES string of the molecule is OC1(c2cn(-c3ccc(Br)cc3)nn2)CN2CCC1CC2. The summed E-state index contributed by atoms with van der Waals surface area (Å²) in [6.45, 7) is 2.86. The molecule has 2 aromatic rings.